The van der Waals surface area contributed by atoms with Gasteiger partial charge in [-0.15, -0.1) is 0 Å². The van der Waals surface area contributed by atoms with Crippen LogP contribution in [0.25, 0.3) is 0 Å². The third-order valence-corrected chi connectivity index (χ3v) is 1.70. The van der Waals surface area contributed by atoms with Crippen LogP contribution in [-0.2, 0) is 9.59 Å². The number of amides is 2. The van der Waals surface area contributed by atoms with Gasteiger partial charge in [0.05, 0.1) is 18.2 Å². The van der Waals surface area contributed by atoms with Crippen molar-refractivity contribution >= 4 is 17.8 Å². The fourth-order valence-corrected chi connectivity index (χ4v) is 0.960. The zero-order chi connectivity index (χ0) is 12.1. The monoisotopic (exact) mass is 227 g/mol. The second kappa shape index (κ2) is 4.91. The number of aromatic nitrogens is 1. The standard InChI is InChI=1S/C8H9N3O5/c9-6(12)1-5(8(14)15)11-7(13)4-2-10-16-3-4/h2-3,5H,1H2,(H2,9,12)(H,11,13)(H,14,15)/t5-/m0/s1. The van der Waals surface area contributed by atoms with Gasteiger partial charge in [0.25, 0.3) is 5.91 Å². The number of nitrogens with one attached hydrogen (secondary N) is 1. The van der Waals surface area contributed by atoms with Crippen LogP contribution in [0.3, 0.4) is 0 Å². The highest BCUT2D eigenvalue weighted by Gasteiger charge is 2.23. The van der Waals surface area contributed by atoms with E-state index in [-0.39, 0.29) is 5.56 Å². The van der Waals surface area contributed by atoms with Crippen LogP contribution in [0, 0.1) is 0 Å². The Labute approximate surface area is 89.4 Å². The van der Waals surface area contributed by atoms with Gasteiger partial charge in [-0.25, -0.2) is 4.79 Å². The number of carboxylic acids is 1. The first-order valence-corrected chi connectivity index (χ1v) is 4.22. The molecule has 8 nitrogen and oxygen atoms in total. The van der Waals surface area contributed by atoms with E-state index in [1.165, 1.54) is 0 Å². The van der Waals surface area contributed by atoms with Crippen LogP contribution in [0.15, 0.2) is 17.0 Å². The van der Waals surface area contributed by atoms with Crippen molar-refractivity contribution in [3.63, 3.8) is 0 Å². The minimum absolute atomic E-state index is 0.0655. The number of nitrogens with two attached hydrogens (primary N) is 1. The van der Waals surface area contributed by atoms with Crippen LogP contribution >= 0.6 is 0 Å². The number of primary amides is 1. The highest BCUT2D eigenvalue weighted by Crippen LogP contribution is 1.99. The third-order valence-electron chi connectivity index (χ3n) is 1.70. The van der Waals surface area contributed by atoms with E-state index in [0.717, 1.165) is 12.5 Å². The number of carbonyl (C=O) groups is 3. The Morgan fingerprint density at radius 3 is 2.69 bits per heavy atom. The zero-order valence-electron chi connectivity index (χ0n) is 8.04. The number of hydrogen-bond donors (Lipinski definition) is 3. The van der Waals surface area contributed by atoms with Crippen molar-refractivity contribution in [2.45, 2.75) is 12.5 Å². The summed E-state index contributed by atoms with van der Waals surface area (Å²) in [6.45, 7) is 0. The highest BCUT2D eigenvalue weighted by molar-refractivity contribution is 5.97. The van der Waals surface area contributed by atoms with Gasteiger partial charge in [-0.05, 0) is 0 Å². The SMILES string of the molecule is NC(=O)C[C@H](NC(=O)c1cnoc1)C(=O)O. The lowest BCUT2D eigenvalue weighted by atomic mass is 10.2. The average Bonchev–Trinajstić information content (AvgIpc) is 2.68. The van der Waals surface area contributed by atoms with E-state index < -0.39 is 30.2 Å². The van der Waals surface area contributed by atoms with Gasteiger partial charge in [0.1, 0.15) is 12.3 Å². The minimum atomic E-state index is -1.36. The molecule has 86 valence electrons. The van der Waals surface area contributed by atoms with E-state index in [9.17, 15) is 14.4 Å². The Balaban J connectivity index is 2.65. The molecule has 2 amide bonds. The molecule has 1 aromatic heterocycles. The molecule has 4 N–H and O–H groups in total. The summed E-state index contributed by atoms with van der Waals surface area (Å²) in [4.78, 5) is 32.6. The Morgan fingerprint density at radius 2 is 2.25 bits per heavy atom. The van der Waals surface area contributed by atoms with Gasteiger partial charge < -0.3 is 20.7 Å². The van der Waals surface area contributed by atoms with Crippen molar-refractivity contribution in [3.8, 4) is 0 Å². The van der Waals surface area contributed by atoms with Crippen molar-refractivity contribution in [2.75, 3.05) is 0 Å². The summed E-state index contributed by atoms with van der Waals surface area (Å²) in [5, 5.41) is 14.1. The van der Waals surface area contributed by atoms with Crippen LogP contribution in [0.1, 0.15) is 16.8 Å². The lowest BCUT2D eigenvalue weighted by Crippen LogP contribution is -2.43. The maximum absolute atomic E-state index is 11.4. The number of hydrogen-bond acceptors (Lipinski definition) is 5. The first-order valence-electron chi connectivity index (χ1n) is 4.22. The highest BCUT2D eigenvalue weighted by atomic mass is 16.5. The van der Waals surface area contributed by atoms with Crippen LogP contribution in [-0.4, -0.2) is 34.1 Å². The smallest absolute Gasteiger partial charge is 0.326 e. The number of aliphatic carboxylic acids is 1. The molecule has 0 aromatic carbocycles. The molecule has 0 unspecified atom stereocenters. The van der Waals surface area contributed by atoms with E-state index in [2.05, 4.69) is 15.0 Å². The number of nitrogens with zero attached hydrogens (tertiary/aromatic N) is 1. The molecule has 1 atom stereocenters. The van der Waals surface area contributed by atoms with Gasteiger partial charge in [0.2, 0.25) is 5.91 Å². The van der Waals surface area contributed by atoms with Crippen molar-refractivity contribution in [2.24, 2.45) is 5.73 Å². The number of rotatable bonds is 5. The molecule has 1 aromatic rings. The average molecular weight is 227 g/mol. The Kier molecular flexibility index (Phi) is 3.59. The molecule has 0 spiro atoms. The van der Waals surface area contributed by atoms with Gasteiger partial charge in [-0.2, -0.15) is 0 Å². The van der Waals surface area contributed by atoms with Crippen LogP contribution in [0.4, 0.5) is 0 Å². The first-order chi connectivity index (χ1) is 7.50. The second-order valence-corrected chi connectivity index (χ2v) is 2.95. The van der Waals surface area contributed by atoms with Crippen LogP contribution in [0.2, 0.25) is 0 Å². The van der Waals surface area contributed by atoms with Gasteiger partial charge in [-0.1, -0.05) is 5.16 Å². The fourth-order valence-electron chi connectivity index (χ4n) is 0.960. The summed E-state index contributed by atoms with van der Waals surface area (Å²) in [6, 6.07) is -1.36. The van der Waals surface area contributed by atoms with E-state index in [1.54, 1.807) is 0 Å². The molecule has 0 aliphatic heterocycles. The molecule has 8 heteroatoms. The van der Waals surface area contributed by atoms with Crippen molar-refractivity contribution in [3.05, 3.63) is 18.0 Å². The summed E-state index contributed by atoms with van der Waals surface area (Å²) in [5.41, 5.74) is 4.91. The molecule has 0 radical (unpaired) electrons. The summed E-state index contributed by atoms with van der Waals surface area (Å²) < 4.78 is 4.41. The Bertz CT molecular complexity index is 400. The molecular weight excluding hydrogens is 218 g/mol. The molecule has 0 aliphatic rings. The molecule has 1 heterocycles. The zero-order valence-corrected chi connectivity index (χ0v) is 8.04. The normalized spacial score (nSPS) is 11.8. The van der Waals surface area contributed by atoms with E-state index in [4.69, 9.17) is 10.8 Å². The van der Waals surface area contributed by atoms with Crippen molar-refractivity contribution in [1.82, 2.24) is 10.5 Å². The summed E-state index contributed by atoms with van der Waals surface area (Å²) in [7, 11) is 0. The maximum atomic E-state index is 11.4. The molecule has 1 rings (SSSR count). The first kappa shape index (κ1) is 11.7. The van der Waals surface area contributed by atoms with Crippen LogP contribution < -0.4 is 11.1 Å². The molecule has 0 bridgehead atoms. The number of carboxylic acid groups (broad SMARTS) is 1. The lowest BCUT2D eigenvalue weighted by molar-refractivity contribution is -0.140. The quantitative estimate of drug-likeness (QED) is 0.574. The topological polar surface area (TPSA) is 136 Å². The third kappa shape index (κ3) is 3.08. The lowest BCUT2D eigenvalue weighted by Gasteiger charge is -2.11. The number of carbonyl (C=O) groups excluding carboxylic acids is 2. The fraction of sp³-hybridized carbons (Fsp3) is 0.250. The Hall–Kier alpha value is -2.38. The van der Waals surface area contributed by atoms with E-state index >= 15 is 0 Å². The van der Waals surface area contributed by atoms with Crippen LogP contribution in [0.5, 0.6) is 0 Å². The maximum Gasteiger partial charge on any atom is 0.326 e. The van der Waals surface area contributed by atoms with Crippen molar-refractivity contribution in [1.29, 1.82) is 0 Å². The summed E-state index contributed by atoms with van der Waals surface area (Å²) in [6.07, 6.45) is 1.70. The molecule has 0 aliphatic carbocycles. The molecule has 16 heavy (non-hydrogen) atoms. The Morgan fingerprint density at radius 1 is 1.56 bits per heavy atom. The van der Waals surface area contributed by atoms with Gasteiger partial charge in [0.15, 0.2) is 0 Å². The van der Waals surface area contributed by atoms with E-state index in [0.29, 0.717) is 0 Å². The van der Waals surface area contributed by atoms with Gasteiger partial charge in [-0.3, -0.25) is 9.59 Å². The molecular formula is C8H9N3O5. The predicted molar refractivity (Wildman–Crippen MR) is 49.2 cm³/mol. The predicted octanol–water partition coefficient (Wildman–Crippen LogP) is -1.27. The summed E-state index contributed by atoms with van der Waals surface area (Å²) in [5.74, 6) is -2.86. The van der Waals surface area contributed by atoms with Crippen molar-refractivity contribution < 1.29 is 24.0 Å². The van der Waals surface area contributed by atoms with Gasteiger partial charge in [0, 0.05) is 0 Å². The van der Waals surface area contributed by atoms with Gasteiger partial charge >= 0.3 is 5.97 Å². The molecule has 0 fully saturated rings. The molecule has 0 saturated carbocycles. The second-order valence-electron chi connectivity index (χ2n) is 2.95. The molecule has 0 saturated heterocycles. The van der Waals surface area contributed by atoms with E-state index in [1.807, 2.05) is 0 Å². The summed E-state index contributed by atoms with van der Waals surface area (Å²) >= 11 is 0. The largest absolute Gasteiger partial charge is 0.480 e. The minimum Gasteiger partial charge on any atom is -0.480 e.